The van der Waals surface area contributed by atoms with Crippen molar-refractivity contribution in [2.45, 2.75) is 18.9 Å². The zero-order valence-electron chi connectivity index (χ0n) is 8.01. The zero-order chi connectivity index (χ0) is 11.7. The fraction of sp³-hybridized carbons (Fsp3) is 0.571. The van der Waals surface area contributed by atoms with Gasteiger partial charge in [-0.25, -0.2) is 4.79 Å². The van der Waals surface area contributed by atoms with Crippen molar-refractivity contribution in [2.24, 2.45) is 21.6 Å². The van der Waals surface area contributed by atoms with Crippen molar-refractivity contribution in [3.05, 3.63) is 0 Å². The molecule has 0 aliphatic rings. The Morgan fingerprint density at radius 1 is 1.60 bits per heavy atom. The van der Waals surface area contributed by atoms with Crippen LogP contribution in [0.5, 0.6) is 0 Å². The molecule has 0 aliphatic heterocycles. The third-order valence-corrected chi connectivity index (χ3v) is 1.60. The van der Waals surface area contributed by atoms with Gasteiger partial charge in [0.2, 0.25) is 0 Å². The molecule has 0 radical (unpaired) electrons. The Morgan fingerprint density at radius 2 is 2.27 bits per heavy atom. The Bertz CT molecular complexity index is 283. The maximum Gasteiger partial charge on any atom is 0.327 e. The van der Waals surface area contributed by atoms with Crippen molar-refractivity contribution in [3.8, 4) is 0 Å². The third kappa shape index (κ3) is 7.41. The molecule has 0 bridgehead atoms. The average Bonchev–Trinajstić information content (AvgIpc) is 2.15. The van der Waals surface area contributed by atoms with Gasteiger partial charge in [0.25, 0.3) is 0 Å². The quantitative estimate of drug-likeness (QED) is 0.148. The van der Waals surface area contributed by atoms with Crippen molar-refractivity contribution in [2.75, 3.05) is 6.54 Å². The highest BCUT2D eigenvalue weighted by molar-refractivity contribution is 7.78. The summed E-state index contributed by atoms with van der Waals surface area (Å²) in [4.78, 5) is 14.4. The molecule has 0 saturated heterocycles. The van der Waals surface area contributed by atoms with Crippen LogP contribution < -0.4 is 16.9 Å². The fourth-order valence-electron chi connectivity index (χ4n) is 0.851. The number of carboxylic acids is 1. The molecule has 8 heteroatoms. The van der Waals surface area contributed by atoms with Gasteiger partial charge in [0.15, 0.2) is 5.96 Å². The predicted molar refractivity (Wildman–Crippen MR) is 59.5 cm³/mol. The van der Waals surface area contributed by atoms with Crippen LogP contribution in [-0.4, -0.2) is 34.8 Å². The lowest BCUT2D eigenvalue weighted by Gasteiger charge is -2.09. The topological polar surface area (TPSA) is 126 Å². The van der Waals surface area contributed by atoms with Crippen LogP contribution in [0.15, 0.2) is 10.1 Å². The van der Waals surface area contributed by atoms with Gasteiger partial charge in [-0.15, -0.1) is 5.10 Å². The molecule has 1 atom stereocenters. The summed E-state index contributed by atoms with van der Waals surface area (Å²) < 4.78 is 0. The van der Waals surface area contributed by atoms with E-state index in [1.54, 1.807) is 0 Å². The summed E-state index contributed by atoms with van der Waals surface area (Å²) in [6.07, 6.45) is 0.890. The number of nitrogens with two attached hydrogens (primary N) is 2. The molecule has 0 amide bonds. The maximum atomic E-state index is 10.7. The summed E-state index contributed by atoms with van der Waals surface area (Å²) in [5.41, 5.74) is 12.6. The normalized spacial score (nSPS) is 10.9. The smallest absolute Gasteiger partial charge is 0.327 e. The van der Waals surface area contributed by atoms with Crippen LogP contribution in [0.4, 0.5) is 0 Å². The molecule has 0 saturated carbocycles. The second-order valence-corrected chi connectivity index (χ2v) is 2.85. The van der Waals surface area contributed by atoms with Crippen molar-refractivity contribution in [1.82, 2.24) is 5.43 Å². The Balaban J connectivity index is 3.91. The number of nitrogens with one attached hydrogen (secondary N) is 1. The summed E-state index contributed by atoms with van der Waals surface area (Å²) in [6.45, 7) is 0.384. The van der Waals surface area contributed by atoms with Crippen LogP contribution in [-0.2, 0) is 4.79 Å². The number of carboxylic acid groups (broad SMARTS) is 1. The van der Waals surface area contributed by atoms with E-state index < -0.39 is 12.0 Å². The van der Waals surface area contributed by atoms with Crippen molar-refractivity contribution in [1.29, 1.82) is 0 Å². The van der Waals surface area contributed by atoms with Gasteiger partial charge in [0.05, 0.1) is 5.16 Å². The van der Waals surface area contributed by atoms with Crippen LogP contribution >= 0.6 is 12.2 Å². The van der Waals surface area contributed by atoms with E-state index in [0.717, 1.165) is 0 Å². The Kier molecular flexibility index (Phi) is 6.86. The van der Waals surface area contributed by atoms with Gasteiger partial charge in [0, 0.05) is 6.54 Å². The number of hydrogen-bond donors (Lipinski definition) is 4. The molecular formula is C7H13N5O2S. The number of thiocarbonyl (C=S) groups is 1. The van der Waals surface area contributed by atoms with Crippen molar-refractivity contribution in [3.63, 3.8) is 0 Å². The number of aliphatic carboxylic acids is 1. The van der Waals surface area contributed by atoms with Gasteiger partial charge in [-0.05, 0) is 25.1 Å². The van der Waals surface area contributed by atoms with Crippen molar-refractivity contribution >= 4 is 29.3 Å². The molecule has 0 rings (SSSR count). The van der Waals surface area contributed by atoms with E-state index >= 15 is 0 Å². The van der Waals surface area contributed by atoms with Gasteiger partial charge in [-0.2, -0.15) is 0 Å². The summed E-state index contributed by atoms with van der Waals surface area (Å²) in [6, 6.07) is -0.797. The van der Waals surface area contributed by atoms with E-state index in [1.165, 1.54) is 0 Å². The number of rotatable bonds is 7. The van der Waals surface area contributed by atoms with E-state index in [0.29, 0.717) is 19.4 Å². The predicted octanol–water partition coefficient (Wildman–Crippen LogP) is -0.899. The van der Waals surface area contributed by atoms with Crippen LogP contribution in [0.2, 0.25) is 0 Å². The first-order valence-corrected chi connectivity index (χ1v) is 4.59. The monoisotopic (exact) mass is 231 g/mol. The molecule has 0 aromatic heterocycles. The van der Waals surface area contributed by atoms with Crippen molar-refractivity contribution < 1.29 is 9.90 Å². The molecule has 6 N–H and O–H groups in total. The highest BCUT2D eigenvalue weighted by Crippen LogP contribution is 1.98. The third-order valence-electron chi connectivity index (χ3n) is 1.51. The number of aliphatic imine (C=N–C) groups is 1. The minimum Gasteiger partial charge on any atom is -0.480 e. The van der Waals surface area contributed by atoms with E-state index in [-0.39, 0.29) is 5.96 Å². The zero-order valence-corrected chi connectivity index (χ0v) is 8.83. The van der Waals surface area contributed by atoms with Gasteiger partial charge < -0.3 is 16.6 Å². The maximum absolute atomic E-state index is 10.7. The van der Waals surface area contributed by atoms with E-state index in [1.807, 2.05) is 5.16 Å². The molecule has 0 fully saturated rings. The molecule has 0 aromatic carbocycles. The Hall–Kier alpha value is -1.66. The van der Waals surface area contributed by atoms with E-state index in [9.17, 15) is 4.79 Å². The minimum absolute atomic E-state index is 0.00764. The first kappa shape index (κ1) is 13.3. The molecule has 0 spiro atoms. The number of isothiocyanates is 1. The van der Waals surface area contributed by atoms with E-state index in [2.05, 4.69) is 27.7 Å². The highest BCUT2D eigenvalue weighted by atomic mass is 32.1. The minimum atomic E-state index is -1.01. The summed E-state index contributed by atoms with van der Waals surface area (Å²) in [7, 11) is 0. The van der Waals surface area contributed by atoms with Crippen LogP contribution in [0.1, 0.15) is 12.8 Å². The Labute approximate surface area is 92.2 Å². The molecule has 0 aliphatic carbocycles. The number of nitrogens with zero attached hydrogens (tertiary/aromatic N) is 2. The van der Waals surface area contributed by atoms with Gasteiger partial charge >= 0.3 is 5.97 Å². The Morgan fingerprint density at radius 3 is 2.73 bits per heavy atom. The highest BCUT2D eigenvalue weighted by Gasteiger charge is 2.15. The molecule has 7 nitrogen and oxygen atoms in total. The van der Waals surface area contributed by atoms with Gasteiger partial charge in [-0.3, -0.25) is 10.4 Å². The summed E-state index contributed by atoms with van der Waals surface area (Å²) in [5.74, 6) is -1.01. The molecule has 0 unspecified atom stereocenters. The van der Waals surface area contributed by atoms with Gasteiger partial charge in [0.1, 0.15) is 6.04 Å². The SMILES string of the molecule is NC(N)=NCCC[C@H](NN=C=S)C(=O)O. The molecular weight excluding hydrogens is 218 g/mol. The summed E-state index contributed by atoms with van der Waals surface area (Å²) >= 11 is 4.30. The standard InChI is InChI=1S/C7H13N5O2S/c8-7(9)10-3-1-2-5(6(13)14)12-11-4-15/h5,12H,1-3H2,(H,13,14)(H4,8,9,10)/t5-/m0/s1. The summed E-state index contributed by atoms with van der Waals surface area (Å²) in [5, 5.41) is 14.1. The second-order valence-electron chi connectivity index (χ2n) is 2.67. The lowest BCUT2D eigenvalue weighted by molar-refractivity contribution is -0.139. The lowest BCUT2D eigenvalue weighted by atomic mass is 10.2. The first-order valence-electron chi connectivity index (χ1n) is 4.18. The molecule has 84 valence electrons. The molecule has 15 heavy (non-hydrogen) atoms. The molecule has 0 heterocycles. The first-order chi connectivity index (χ1) is 7.07. The average molecular weight is 231 g/mol. The van der Waals surface area contributed by atoms with Crippen LogP contribution in [0.25, 0.3) is 0 Å². The number of guanidine groups is 1. The van der Waals surface area contributed by atoms with Gasteiger partial charge in [-0.1, -0.05) is 0 Å². The molecule has 0 aromatic rings. The fourth-order valence-corrected chi connectivity index (χ4v) is 0.904. The van der Waals surface area contributed by atoms with Crippen LogP contribution in [0.3, 0.4) is 0 Å². The van der Waals surface area contributed by atoms with E-state index in [4.69, 9.17) is 16.6 Å². The lowest BCUT2D eigenvalue weighted by Crippen LogP contribution is -2.33. The number of hydrazone groups is 1. The number of carbonyl (C=O) groups is 1. The van der Waals surface area contributed by atoms with Crippen LogP contribution in [0, 0.1) is 0 Å². The largest absolute Gasteiger partial charge is 0.480 e. The second kappa shape index (κ2) is 7.72. The number of hydrogen-bond acceptors (Lipinski definition) is 5.